The first-order chi connectivity index (χ1) is 13.3. The summed E-state index contributed by atoms with van der Waals surface area (Å²) < 4.78 is 5.29. The monoisotopic (exact) mass is 370 g/mol. The molecule has 6 heteroatoms. The summed E-state index contributed by atoms with van der Waals surface area (Å²) in [5, 5.41) is 8.22. The van der Waals surface area contributed by atoms with E-state index >= 15 is 0 Å². The van der Waals surface area contributed by atoms with Gasteiger partial charge >= 0.3 is 0 Å². The molecule has 2 aliphatic heterocycles. The van der Waals surface area contributed by atoms with Gasteiger partial charge in [-0.3, -0.25) is 9.89 Å². The predicted molar refractivity (Wildman–Crippen MR) is 106 cm³/mol. The second-order valence-electron chi connectivity index (χ2n) is 7.86. The first kappa shape index (κ1) is 18.4. The van der Waals surface area contributed by atoms with E-state index < -0.39 is 0 Å². The Labute approximate surface area is 160 Å². The smallest absolute Gasteiger partial charge is 0.275 e. The molecule has 0 radical (unpaired) electrons. The van der Waals surface area contributed by atoms with Gasteiger partial charge in [0.1, 0.15) is 0 Å². The largest absolute Gasteiger partial charge is 0.383 e. The molecule has 0 saturated carbocycles. The number of nitrogens with one attached hydrogen (secondary N) is 1. The Kier molecular flexibility index (Phi) is 5.74. The molecule has 1 aromatic carbocycles. The number of hydrogen-bond acceptors (Lipinski definition) is 4. The molecular formula is C21H30N4O2. The molecule has 0 bridgehead atoms. The number of benzene rings is 1. The fraction of sp³-hybridized carbons (Fsp3) is 0.619. The van der Waals surface area contributed by atoms with Crippen LogP contribution in [-0.2, 0) is 4.74 Å². The highest BCUT2D eigenvalue weighted by atomic mass is 16.5. The zero-order valence-corrected chi connectivity index (χ0v) is 16.2. The van der Waals surface area contributed by atoms with Gasteiger partial charge in [0.25, 0.3) is 5.91 Å². The van der Waals surface area contributed by atoms with E-state index in [0.717, 1.165) is 17.4 Å². The Morgan fingerprint density at radius 3 is 3.00 bits per heavy atom. The number of piperidine rings is 2. The van der Waals surface area contributed by atoms with Gasteiger partial charge in [0.05, 0.1) is 12.1 Å². The molecular weight excluding hydrogens is 340 g/mol. The fourth-order valence-electron chi connectivity index (χ4n) is 4.83. The highest BCUT2D eigenvalue weighted by Gasteiger charge is 2.35. The molecule has 27 heavy (non-hydrogen) atoms. The van der Waals surface area contributed by atoms with Crippen molar-refractivity contribution < 1.29 is 9.53 Å². The number of hydrogen-bond donors (Lipinski definition) is 1. The van der Waals surface area contributed by atoms with Gasteiger partial charge in [0, 0.05) is 31.6 Å². The number of ether oxygens (including phenoxy) is 1. The maximum atomic E-state index is 13.3. The third-order valence-electron chi connectivity index (χ3n) is 6.21. The molecule has 0 aliphatic carbocycles. The molecule has 1 amide bonds. The van der Waals surface area contributed by atoms with Crippen LogP contribution in [0.3, 0.4) is 0 Å². The molecule has 146 valence electrons. The zero-order valence-electron chi connectivity index (χ0n) is 16.2. The average Bonchev–Trinajstić information content (AvgIpc) is 3.15. The summed E-state index contributed by atoms with van der Waals surface area (Å²) in [6, 6.07) is 8.46. The van der Waals surface area contributed by atoms with Gasteiger partial charge < -0.3 is 14.5 Å². The average molecular weight is 370 g/mol. The van der Waals surface area contributed by atoms with Crippen molar-refractivity contribution in [1.82, 2.24) is 20.0 Å². The SMILES string of the molecule is COCCN(CC1CCCN2CCCCC12)C(=O)c1n[nH]c2ccccc12. The van der Waals surface area contributed by atoms with Crippen molar-refractivity contribution in [2.75, 3.05) is 39.9 Å². The summed E-state index contributed by atoms with van der Waals surface area (Å²) >= 11 is 0. The van der Waals surface area contributed by atoms with Crippen LogP contribution >= 0.6 is 0 Å². The molecule has 6 nitrogen and oxygen atoms in total. The number of amides is 1. The Morgan fingerprint density at radius 2 is 2.11 bits per heavy atom. The number of carbonyl (C=O) groups excluding carboxylic acids is 1. The molecule has 2 atom stereocenters. The minimum absolute atomic E-state index is 0.0115. The van der Waals surface area contributed by atoms with Crippen LogP contribution in [-0.4, -0.2) is 71.8 Å². The van der Waals surface area contributed by atoms with Crippen molar-refractivity contribution in [3.8, 4) is 0 Å². The number of H-pyrrole nitrogens is 1. The summed E-state index contributed by atoms with van der Waals surface area (Å²) in [6.45, 7) is 4.40. The van der Waals surface area contributed by atoms with Crippen molar-refractivity contribution in [2.45, 2.75) is 38.1 Å². The van der Waals surface area contributed by atoms with Crippen LogP contribution in [0.15, 0.2) is 24.3 Å². The van der Waals surface area contributed by atoms with E-state index in [-0.39, 0.29) is 5.91 Å². The van der Waals surface area contributed by atoms with Crippen molar-refractivity contribution in [1.29, 1.82) is 0 Å². The number of rotatable bonds is 6. The molecule has 2 fully saturated rings. The molecule has 2 aliphatic rings. The minimum atomic E-state index is 0.0115. The zero-order chi connectivity index (χ0) is 18.6. The second-order valence-corrected chi connectivity index (χ2v) is 7.86. The third-order valence-corrected chi connectivity index (χ3v) is 6.21. The summed E-state index contributed by atoms with van der Waals surface area (Å²) in [5.41, 5.74) is 1.43. The molecule has 2 unspecified atom stereocenters. The van der Waals surface area contributed by atoms with E-state index in [9.17, 15) is 4.79 Å². The number of carbonyl (C=O) groups is 1. The Balaban J connectivity index is 1.54. The highest BCUT2D eigenvalue weighted by Crippen LogP contribution is 2.31. The maximum Gasteiger partial charge on any atom is 0.275 e. The maximum absolute atomic E-state index is 13.3. The van der Waals surface area contributed by atoms with E-state index in [1.54, 1.807) is 7.11 Å². The topological polar surface area (TPSA) is 61.5 Å². The molecule has 2 saturated heterocycles. The number of nitrogens with zero attached hydrogens (tertiary/aromatic N) is 3. The van der Waals surface area contributed by atoms with Gasteiger partial charge in [0.15, 0.2) is 5.69 Å². The minimum Gasteiger partial charge on any atom is -0.383 e. The van der Waals surface area contributed by atoms with Gasteiger partial charge in [0.2, 0.25) is 0 Å². The van der Waals surface area contributed by atoms with E-state index in [1.807, 2.05) is 29.2 Å². The highest BCUT2D eigenvalue weighted by molar-refractivity contribution is 6.04. The third kappa shape index (κ3) is 3.87. The van der Waals surface area contributed by atoms with Crippen LogP contribution in [0.5, 0.6) is 0 Å². The lowest BCUT2D eigenvalue weighted by atomic mass is 9.83. The normalized spacial score (nSPS) is 23.3. The van der Waals surface area contributed by atoms with E-state index in [2.05, 4.69) is 15.1 Å². The summed E-state index contributed by atoms with van der Waals surface area (Å²) in [4.78, 5) is 18.0. The fourth-order valence-corrected chi connectivity index (χ4v) is 4.83. The standard InChI is InChI=1S/C21H30N4O2/c1-27-14-13-25(15-16-7-6-12-24-11-5-4-10-19(16)24)21(26)20-17-8-2-3-9-18(17)22-23-20/h2-3,8-9,16,19H,4-7,10-15H2,1H3,(H,22,23). The lowest BCUT2D eigenvalue weighted by Gasteiger charge is -2.45. The molecule has 1 aromatic heterocycles. The molecule has 1 N–H and O–H groups in total. The predicted octanol–water partition coefficient (Wildman–Crippen LogP) is 2.92. The Hall–Kier alpha value is -1.92. The quantitative estimate of drug-likeness (QED) is 0.849. The van der Waals surface area contributed by atoms with Crippen LogP contribution in [0.4, 0.5) is 0 Å². The van der Waals surface area contributed by atoms with E-state index in [1.165, 1.54) is 45.2 Å². The van der Waals surface area contributed by atoms with Crippen molar-refractivity contribution >= 4 is 16.8 Å². The Bertz CT molecular complexity index is 772. The van der Waals surface area contributed by atoms with Crippen LogP contribution in [0.1, 0.15) is 42.6 Å². The second kappa shape index (κ2) is 8.40. The van der Waals surface area contributed by atoms with Crippen molar-refractivity contribution in [2.24, 2.45) is 5.92 Å². The lowest BCUT2D eigenvalue weighted by molar-refractivity contribution is 0.0314. The van der Waals surface area contributed by atoms with Crippen molar-refractivity contribution in [3.05, 3.63) is 30.0 Å². The Morgan fingerprint density at radius 1 is 1.26 bits per heavy atom. The van der Waals surface area contributed by atoms with Gasteiger partial charge in [-0.05, 0) is 50.8 Å². The van der Waals surface area contributed by atoms with E-state index in [0.29, 0.717) is 30.8 Å². The van der Waals surface area contributed by atoms with Gasteiger partial charge in [-0.25, -0.2) is 0 Å². The molecule has 0 spiro atoms. The summed E-state index contributed by atoms with van der Waals surface area (Å²) in [7, 11) is 1.69. The van der Waals surface area contributed by atoms with Gasteiger partial charge in [-0.15, -0.1) is 0 Å². The first-order valence-corrected chi connectivity index (χ1v) is 10.2. The number of aromatic amines is 1. The van der Waals surface area contributed by atoms with Crippen LogP contribution < -0.4 is 0 Å². The van der Waals surface area contributed by atoms with Crippen LogP contribution in [0, 0.1) is 5.92 Å². The van der Waals surface area contributed by atoms with Crippen molar-refractivity contribution in [3.63, 3.8) is 0 Å². The number of fused-ring (bicyclic) bond motifs is 2. The molecule has 4 rings (SSSR count). The van der Waals surface area contributed by atoms with E-state index in [4.69, 9.17) is 4.74 Å². The first-order valence-electron chi connectivity index (χ1n) is 10.2. The summed E-state index contributed by atoms with van der Waals surface area (Å²) in [5.74, 6) is 0.558. The lowest BCUT2D eigenvalue weighted by Crippen LogP contribution is -2.52. The van der Waals surface area contributed by atoms with Crippen LogP contribution in [0.2, 0.25) is 0 Å². The summed E-state index contributed by atoms with van der Waals surface area (Å²) in [6.07, 6.45) is 6.34. The van der Waals surface area contributed by atoms with Gasteiger partial charge in [-0.2, -0.15) is 5.10 Å². The number of para-hydroxylation sites is 1. The van der Waals surface area contributed by atoms with Crippen LogP contribution in [0.25, 0.3) is 10.9 Å². The molecule has 3 heterocycles. The number of aromatic nitrogens is 2. The number of methoxy groups -OCH3 is 1. The molecule has 2 aromatic rings. The van der Waals surface area contributed by atoms with Gasteiger partial charge in [-0.1, -0.05) is 24.6 Å².